The van der Waals surface area contributed by atoms with Crippen LogP contribution in [-0.4, -0.2) is 38.5 Å². The third-order valence-corrected chi connectivity index (χ3v) is 5.05. The normalized spacial score (nSPS) is 18.5. The minimum atomic E-state index is -0.599. The van der Waals surface area contributed by atoms with E-state index in [4.69, 9.17) is 16.2 Å². The number of ether oxygens (including phenoxy) is 1. The molecule has 1 saturated heterocycles. The maximum atomic E-state index is 11.7. The number of nitrogen functional groups attached to an aromatic ring is 1. The van der Waals surface area contributed by atoms with Crippen LogP contribution in [0.2, 0.25) is 0 Å². The number of carbonyl (C=O) groups excluding carboxylic acids is 2. The van der Waals surface area contributed by atoms with Gasteiger partial charge >= 0.3 is 0 Å². The quantitative estimate of drug-likeness (QED) is 0.803. The second-order valence-corrected chi connectivity index (χ2v) is 6.41. The molecule has 0 bridgehead atoms. The van der Waals surface area contributed by atoms with Crippen molar-refractivity contribution in [1.29, 1.82) is 0 Å². The lowest BCUT2D eigenvalue weighted by Crippen LogP contribution is -2.31. The first-order valence-electron chi connectivity index (χ1n) is 6.93. The number of carbonyl (C=O) groups is 2. The van der Waals surface area contributed by atoms with Gasteiger partial charge in [0.2, 0.25) is 0 Å². The molecule has 116 valence electrons. The van der Waals surface area contributed by atoms with Gasteiger partial charge in [0, 0.05) is 27.1 Å². The molecule has 0 aromatic carbocycles. The minimum absolute atomic E-state index is 0.152. The maximum Gasteiger partial charge on any atom is 0.253 e. The van der Waals surface area contributed by atoms with Crippen LogP contribution in [0.5, 0.6) is 0 Å². The number of ketones is 1. The molecule has 1 unspecified atom stereocenters. The van der Waals surface area contributed by atoms with Crippen molar-refractivity contribution in [2.45, 2.75) is 19.8 Å². The molecule has 4 N–H and O–H groups in total. The molecule has 0 spiro atoms. The van der Waals surface area contributed by atoms with Crippen LogP contribution < -0.4 is 16.4 Å². The van der Waals surface area contributed by atoms with E-state index in [0.717, 1.165) is 32.6 Å². The SMILES string of the molecule is CC(=O)c1sc(N(C)CC2CCCOC2)c(C(N)=O)c1N. The van der Waals surface area contributed by atoms with Crippen LogP contribution >= 0.6 is 11.3 Å². The number of amides is 1. The Morgan fingerprint density at radius 2 is 2.19 bits per heavy atom. The molecule has 1 aliphatic rings. The zero-order valence-corrected chi connectivity index (χ0v) is 13.2. The van der Waals surface area contributed by atoms with Crippen molar-refractivity contribution < 1.29 is 14.3 Å². The molecule has 1 aromatic heterocycles. The summed E-state index contributed by atoms with van der Waals surface area (Å²) in [4.78, 5) is 25.6. The zero-order valence-electron chi connectivity index (χ0n) is 12.3. The minimum Gasteiger partial charge on any atom is -0.397 e. The highest BCUT2D eigenvalue weighted by molar-refractivity contribution is 7.19. The molecule has 0 aliphatic carbocycles. The Hall–Kier alpha value is -1.60. The highest BCUT2D eigenvalue weighted by Gasteiger charge is 2.26. The van der Waals surface area contributed by atoms with Crippen molar-refractivity contribution in [3.05, 3.63) is 10.4 Å². The largest absolute Gasteiger partial charge is 0.397 e. The van der Waals surface area contributed by atoms with E-state index >= 15 is 0 Å². The summed E-state index contributed by atoms with van der Waals surface area (Å²) in [6, 6.07) is 0. The molecule has 1 fully saturated rings. The van der Waals surface area contributed by atoms with Gasteiger partial charge in [-0.25, -0.2) is 0 Å². The number of rotatable bonds is 5. The zero-order chi connectivity index (χ0) is 15.6. The third-order valence-electron chi connectivity index (χ3n) is 3.63. The molecule has 7 heteroatoms. The Bertz CT molecular complexity index is 550. The number of hydrogen-bond acceptors (Lipinski definition) is 6. The summed E-state index contributed by atoms with van der Waals surface area (Å²) in [7, 11) is 1.89. The van der Waals surface area contributed by atoms with Gasteiger partial charge in [0.25, 0.3) is 5.91 Å². The van der Waals surface area contributed by atoms with E-state index in [1.165, 1.54) is 18.3 Å². The molecular weight excluding hydrogens is 290 g/mol. The van der Waals surface area contributed by atoms with Crippen molar-refractivity contribution >= 4 is 33.7 Å². The average Bonchev–Trinajstić information content (AvgIpc) is 2.78. The molecule has 2 rings (SSSR count). The van der Waals surface area contributed by atoms with Crippen LogP contribution in [0.3, 0.4) is 0 Å². The summed E-state index contributed by atoms with van der Waals surface area (Å²) in [6.45, 7) is 3.72. The van der Waals surface area contributed by atoms with Crippen molar-refractivity contribution in [1.82, 2.24) is 0 Å². The van der Waals surface area contributed by atoms with Crippen molar-refractivity contribution in [3.63, 3.8) is 0 Å². The van der Waals surface area contributed by atoms with E-state index in [9.17, 15) is 9.59 Å². The molecule has 1 aromatic rings. The third kappa shape index (κ3) is 3.36. The molecule has 1 amide bonds. The predicted octanol–water partition coefficient (Wildman–Crippen LogP) is 1.49. The second-order valence-electron chi connectivity index (χ2n) is 5.41. The fraction of sp³-hybridized carbons (Fsp3) is 0.571. The first-order chi connectivity index (χ1) is 9.91. The number of primary amides is 1. The molecule has 0 saturated carbocycles. The van der Waals surface area contributed by atoms with Crippen molar-refractivity contribution in [3.8, 4) is 0 Å². The van der Waals surface area contributed by atoms with E-state index < -0.39 is 5.91 Å². The summed E-state index contributed by atoms with van der Waals surface area (Å²) < 4.78 is 5.47. The lowest BCUT2D eigenvalue weighted by Gasteiger charge is -2.28. The smallest absolute Gasteiger partial charge is 0.253 e. The fourth-order valence-corrected chi connectivity index (χ4v) is 3.71. The van der Waals surface area contributed by atoms with E-state index in [1.807, 2.05) is 11.9 Å². The molecule has 2 heterocycles. The molecule has 1 aliphatic heterocycles. The lowest BCUT2D eigenvalue weighted by molar-refractivity contribution is 0.0577. The van der Waals surface area contributed by atoms with Gasteiger partial charge in [0.05, 0.1) is 22.7 Å². The molecule has 0 radical (unpaired) electrons. The van der Waals surface area contributed by atoms with E-state index in [1.54, 1.807) is 0 Å². The highest BCUT2D eigenvalue weighted by Crippen LogP contribution is 2.38. The predicted molar refractivity (Wildman–Crippen MR) is 84.1 cm³/mol. The van der Waals surface area contributed by atoms with E-state index in [2.05, 4.69) is 0 Å². The topological polar surface area (TPSA) is 98.6 Å². The Morgan fingerprint density at radius 3 is 2.71 bits per heavy atom. The first kappa shape index (κ1) is 15.8. The van der Waals surface area contributed by atoms with Crippen LogP contribution in [0.15, 0.2) is 0 Å². The Balaban J connectivity index is 2.26. The van der Waals surface area contributed by atoms with Gasteiger partial charge in [-0.1, -0.05) is 0 Å². The summed E-state index contributed by atoms with van der Waals surface area (Å²) in [6.07, 6.45) is 2.14. The van der Waals surface area contributed by atoms with Crippen LogP contribution in [0, 0.1) is 5.92 Å². The van der Waals surface area contributed by atoms with Crippen LogP contribution in [-0.2, 0) is 4.74 Å². The molecular formula is C14H21N3O3S. The molecule has 6 nitrogen and oxygen atoms in total. The lowest BCUT2D eigenvalue weighted by atomic mass is 10.0. The van der Waals surface area contributed by atoms with Gasteiger partial charge < -0.3 is 21.1 Å². The number of Topliss-reactive ketones (excluding diaryl/α,β-unsaturated/α-hetero) is 1. The second kappa shape index (κ2) is 6.44. The van der Waals surface area contributed by atoms with Gasteiger partial charge in [-0.05, 0) is 18.8 Å². The van der Waals surface area contributed by atoms with Crippen LogP contribution in [0.1, 0.15) is 39.8 Å². The van der Waals surface area contributed by atoms with Gasteiger partial charge in [0.15, 0.2) is 5.78 Å². The summed E-state index contributed by atoms with van der Waals surface area (Å²) in [5.41, 5.74) is 11.8. The number of hydrogen-bond donors (Lipinski definition) is 2. The molecule has 21 heavy (non-hydrogen) atoms. The van der Waals surface area contributed by atoms with Crippen molar-refractivity contribution in [2.24, 2.45) is 11.7 Å². The Kier molecular flexibility index (Phi) is 4.84. The van der Waals surface area contributed by atoms with E-state index in [0.29, 0.717) is 15.8 Å². The standard InChI is InChI=1S/C14H21N3O3S/c1-8(18)12-11(15)10(13(16)19)14(21-12)17(2)6-9-4-3-5-20-7-9/h9H,3-7,15H2,1-2H3,(H2,16,19). The highest BCUT2D eigenvalue weighted by atomic mass is 32.1. The number of nitrogens with zero attached hydrogens (tertiary/aromatic N) is 1. The Labute approximate surface area is 128 Å². The van der Waals surface area contributed by atoms with Crippen LogP contribution in [0.4, 0.5) is 10.7 Å². The Morgan fingerprint density at radius 1 is 1.48 bits per heavy atom. The molecule has 1 atom stereocenters. The number of anilines is 2. The number of nitrogens with two attached hydrogens (primary N) is 2. The van der Waals surface area contributed by atoms with Gasteiger partial charge in [-0.15, -0.1) is 11.3 Å². The number of thiophene rings is 1. The summed E-state index contributed by atoms with van der Waals surface area (Å²) in [5, 5.41) is 0.663. The van der Waals surface area contributed by atoms with Crippen molar-refractivity contribution in [2.75, 3.05) is 37.4 Å². The van der Waals surface area contributed by atoms with E-state index in [-0.39, 0.29) is 17.0 Å². The van der Waals surface area contributed by atoms with Gasteiger partial charge in [-0.2, -0.15) is 0 Å². The maximum absolute atomic E-state index is 11.7. The fourth-order valence-electron chi connectivity index (χ4n) is 2.62. The summed E-state index contributed by atoms with van der Waals surface area (Å²) in [5.74, 6) is -0.341. The monoisotopic (exact) mass is 311 g/mol. The van der Waals surface area contributed by atoms with Gasteiger partial charge in [-0.3, -0.25) is 9.59 Å². The van der Waals surface area contributed by atoms with Crippen LogP contribution in [0.25, 0.3) is 0 Å². The van der Waals surface area contributed by atoms with Gasteiger partial charge in [0.1, 0.15) is 5.00 Å². The average molecular weight is 311 g/mol. The first-order valence-corrected chi connectivity index (χ1v) is 7.75. The summed E-state index contributed by atoms with van der Waals surface area (Å²) >= 11 is 1.23.